The molecule has 1 rings (SSSR count). The first-order valence-corrected chi connectivity index (χ1v) is 6.69. The number of nitro groups is 1. The van der Waals surface area contributed by atoms with E-state index in [1.807, 2.05) is 0 Å². The van der Waals surface area contributed by atoms with E-state index in [4.69, 9.17) is 0 Å². The van der Waals surface area contributed by atoms with Crippen molar-refractivity contribution in [1.82, 2.24) is 9.62 Å². The number of benzene rings is 1. The largest absolute Gasteiger partial charge is 0.318 e. The molecular formula is C10H16ClN3O4S. The zero-order valence-corrected chi connectivity index (χ0v) is 12.2. The van der Waals surface area contributed by atoms with Crippen molar-refractivity contribution in [2.45, 2.75) is 4.90 Å². The van der Waals surface area contributed by atoms with E-state index in [0.29, 0.717) is 13.1 Å². The standard InChI is InChI=1S/C10H15N3O4S.ClH/c1-11-7-8-12(2)18(16,17)10-5-3-9(4-6-10)13(14)15;/h3-6,11H,7-8H2,1-2H3;1H. The van der Waals surface area contributed by atoms with Crippen LogP contribution in [0, 0.1) is 10.1 Å². The number of nitrogens with zero attached hydrogens (tertiary/aromatic N) is 2. The molecular weight excluding hydrogens is 294 g/mol. The van der Waals surface area contributed by atoms with Crippen molar-refractivity contribution < 1.29 is 13.3 Å². The van der Waals surface area contributed by atoms with Crippen LogP contribution in [0.3, 0.4) is 0 Å². The van der Waals surface area contributed by atoms with E-state index in [2.05, 4.69) is 5.32 Å². The molecule has 0 unspecified atom stereocenters. The Balaban J connectivity index is 0.00000324. The highest BCUT2D eigenvalue weighted by atomic mass is 35.5. The summed E-state index contributed by atoms with van der Waals surface area (Å²) in [5.74, 6) is 0. The van der Waals surface area contributed by atoms with E-state index in [9.17, 15) is 18.5 Å². The summed E-state index contributed by atoms with van der Waals surface area (Å²) >= 11 is 0. The molecule has 0 spiro atoms. The summed E-state index contributed by atoms with van der Waals surface area (Å²) in [7, 11) is -0.388. The van der Waals surface area contributed by atoms with Crippen LogP contribution in [-0.4, -0.2) is 44.8 Å². The maximum absolute atomic E-state index is 12.0. The van der Waals surface area contributed by atoms with Crippen molar-refractivity contribution in [1.29, 1.82) is 0 Å². The summed E-state index contributed by atoms with van der Waals surface area (Å²) < 4.78 is 25.3. The monoisotopic (exact) mass is 309 g/mol. The summed E-state index contributed by atoms with van der Waals surface area (Å²) in [4.78, 5) is 9.95. The molecule has 1 N–H and O–H groups in total. The molecule has 0 aliphatic heterocycles. The smallest absolute Gasteiger partial charge is 0.269 e. The van der Waals surface area contributed by atoms with Crippen molar-refractivity contribution in [3.05, 3.63) is 34.4 Å². The Morgan fingerprint density at radius 2 is 1.84 bits per heavy atom. The lowest BCUT2D eigenvalue weighted by Crippen LogP contribution is -2.32. The average molecular weight is 310 g/mol. The second-order valence-corrected chi connectivity index (χ2v) is 5.73. The Kier molecular flexibility index (Phi) is 6.91. The molecule has 0 aliphatic carbocycles. The summed E-state index contributed by atoms with van der Waals surface area (Å²) in [5, 5.41) is 13.3. The van der Waals surface area contributed by atoms with E-state index in [0.717, 1.165) is 0 Å². The van der Waals surface area contributed by atoms with Crippen LogP contribution < -0.4 is 5.32 Å². The number of nitro benzene ring substituents is 1. The van der Waals surface area contributed by atoms with Gasteiger partial charge in [0.2, 0.25) is 10.0 Å². The summed E-state index contributed by atoms with van der Waals surface area (Å²) in [6, 6.07) is 4.84. The van der Waals surface area contributed by atoms with E-state index in [-0.39, 0.29) is 23.0 Å². The molecule has 0 radical (unpaired) electrons. The fraction of sp³-hybridized carbons (Fsp3) is 0.400. The van der Waals surface area contributed by atoms with E-state index >= 15 is 0 Å². The molecule has 1 aromatic rings. The van der Waals surface area contributed by atoms with Gasteiger partial charge in [0.25, 0.3) is 5.69 Å². The summed E-state index contributed by atoms with van der Waals surface area (Å²) in [6.45, 7) is 0.860. The van der Waals surface area contributed by atoms with Crippen LogP contribution in [0.25, 0.3) is 0 Å². The highest BCUT2D eigenvalue weighted by Gasteiger charge is 2.20. The molecule has 7 nitrogen and oxygen atoms in total. The molecule has 108 valence electrons. The molecule has 0 aliphatic rings. The Morgan fingerprint density at radius 1 is 1.32 bits per heavy atom. The molecule has 0 atom stereocenters. The summed E-state index contributed by atoms with van der Waals surface area (Å²) in [5.41, 5.74) is -0.133. The molecule has 0 saturated heterocycles. The van der Waals surface area contributed by atoms with Gasteiger partial charge in [0.05, 0.1) is 9.82 Å². The zero-order chi connectivity index (χ0) is 13.8. The number of hydrogen-bond acceptors (Lipinski definition) is 5. The minimum Gasteiger partial charge on any atom is -0.318 e. The van der Waals surface area contributed by atoms with Gasteiger partial charge in [0, 0.05) is 32.3 Å². The number of halogens is 1. The van der Waals surface area contributed by atoms with Gasteiger partial charge in [-0.2, -0.15) is 4.31 Å². The predicted molar refractivity (Wildman–Crippen MR) is 74.1 cm³/mol. The van der Waals surface area contributed by atoms with Crippen LogP contribution in [0.1, 0.15) is 0 Å². The lowest BCUT2D eigenvalue weighted by molar-refractivity contribution is -0.384. The highest BCUT2D eigenvalue weighted by Crippen LogP contribution is 2.18. The maximum atomic E-state index is 12.0. The molecule has 1 aromatic carbocycles. The Morgan fingerprint density at radius 3 is 2.26 bits per heavy atom. The van der Waals surface area contributed by atoms with Crippen LogP contribution in [0.4, 0.5) is 5.69 Å². The highest BCUT2D eigenvalue weighted by molar-refractivity contribution is 7.89. The molecule has 0 fully saturated rings. The van der Waals surface area contributed by atoms with Crippen LogP contribution in [-0.2, 0) is 10.0 Å². The first kappa shape index (κ1) is 17.8. The second kappa shape index (κ2) is 7.39. The van der Waals surface area contributed by atoms with Crippen molar-refractivity contribution in [2.75, 3.05) is 27.2 Å². The van der Waals surface area contributed by atoms with Gasteiger partial charge in [0.15, 0.2) is 0 Å². The van der Waals surface area contributed by atoms with E-state index in [1.165, 1.54) is 35.6 Å². The fourth-order valence-corrected chi connectivity index (χ4v) is 2.48. The van der Waals surface area contributed by atoms with Crippen molar-refractivity contribution in [2.24, 2.45) is 0 Å². The number of nitrogens with one attached hydrogen (secondary N) is 1. The third kappa shape index (κ3) is 4.43. The second-order valence-electron chi connectivity index (χ2n) is 3.68. The van der Waals surface area contributed by atoms with E-state index in [1.54, 1.807) is 7.05 Å². The van der Waals surface area contributed by atoms with Gasteiger partial charge in [-0.15, -0.1) is 12.4 Å². The molecule has 0 heterocycles. The molecule has 0 amide bonds. The van der Waals surface area contributed by atoms with Crippen LogP contribution in [0.2, 0.25) is 0 Å². The van der Waals surface area contributed by atoms with Crippen LogP contribution in [0.15, 0.2) is 29.2 Å². The van der Waals surface area contributed by atoms with Gasteiger partial charge in [-0.05, 0) is 19.2 Å². The third-order valence-corrected chi connectivity index (χ3v) is 4.30. The number of hydrogen-bond donors (Lipinski definition) is 1. The lowest BCUT2D eigenvalue weighted by Gasteiger charge is -2.16. The first-order chi connectivity index (χ1) is 8.39. The maximum Gasteiger partial charge on any atom is 0.269 e. The minimum atomic E-state index is -3.58. The van der Waals surface area contributed by atoms with Gasteiger partial charge in [-0.25, -0.2) is 8.42 Å². The van der Waals surface area contributed by atoms with Gasteiger partial charge >= 0.3 is 0 Å². The summed E-state index contributed by atoms with van der Waals surface area (Å²) in [6.07, 6.45) is 0. The molecule has 0 aromatic heterocycles. The van der Waals surface area contributed by atoms with Crippen molar-refractivity contribution in [3.63, 3.8) is 0 Å². The predicted octanol–water partition coefficient (Wildman–Crippen LogP) is 0.857. The minimum absolute atomic E-state index is 0. The van der Waals surface area contributed by atoms with Gasteiger partial charge in [-0.1, -0.05) is 0 Å². The molecule has 19 heavy (non-hydrogen) atoms. The third-order valence-electron chi connectivity index (χ3n) is 2.43. The fourth-order valence-electron chi connectivity index (χ4n) is 1.31. The Bertz CT molecular complexity index is 518. The number of sulfonamides is 1. The zero-order valence-electron chi connectivity index (χ0n) is 10.6. The van der Waals surface area contributed by atoms with Gasteiger partial charge < -0.3 is 5.32 Å². The van der Waals surface area contributed by atoms with Gasteiger partial charge in [-0.3, -0.25) is 10.1 Å². The van der Waals surface area contributed by atoms with E-state index < -0.39 is 14.9 Å². The normalized spacial score (nSPS) is 11.1. The number of likely N-dealkylation sites (N-methyl/N-ethyl adjacent to an activating group) is 2. The van der Waals surface area contributed by atoms with Crippen LogP contribution >= 0.6 is 12.4 Å². The quantitative estimate of drug-likeness (QED) is 0.621. The SMILES string of the molecule is CNCCN(C)S(=O)(=O)c1ccc([N+](=O)[O-])cc1.Cl. The number of non-ortho nitro benzene ring substituents is 1. The van der Waals surface area contributed by atoms with Crippen molar-refractivity contribution >= 4 is 28.1 Å². The average Bonchev–Trinajstić information content (AvgIpc) is 2.35. The first-order valence-electron chi connectivity index (χ1n) is 5.25. The topological polar surface area (TPSA) is 92.6 Å². The van der Waals surface area contributed by atoms with Gasteiger partial charge in [0.1, 0.15) is 0 Å². The number of rotatable bonds is 6. The molecule has 0 bridgehead atoms. The van der Waals surface area contributed by atoms with Crippen molar-refractivity contribution in [3.8, 4) is 0 Å². The van der Waals surface area contributed by atoms with Crippen LogP contribution in [0.5, 0.6) is 0 Å². The lowest BCUT2D eigenvalue weighted by atomic mass is 10.3. The Labute approximate surface area is 118 Å². The molecule has 0 saturated carbocycles. The molecule has 9 heteroatoms. The Hall–Kier alpha value is -1.22.